The number of rotatable bonds is 8. The second-order valence-electron chi connectivity index (χ2n) is 9.65. The summed E-state index contributed by atoms with van der Waals surface area (Å²) in [5, 5.41) is 12.1. The van der Waals surface area contributed by atoms with E-state index >= 15 is 0 Å². The molecule has 1 aliphatic heterocycles. The first-order chi connectivity index (χ1) is 15.9. The molecule has 0 radical (unpaired) electrons. The molecule has 0 spiro atoms. The molecular weight excluding hydrogens is 406 g/mol. The van der Waals surface area contributed by atoms with Crippen molar-refractivity contribution < 1.29 is 9.84 Å². The average molecular weight is 444 g/mol. The quantitative estimate of drug-likeness (QED) is 0.456. The number of nitrogens with zero attached hydrogens (tertiary/aromatic N) is 1. The molecule has 0 saturated carbocycles. The molecule has 1 aliphatic rings. The molecular formula is C30H37NO2. The van der Waals surface area contributed by atoms with Crippen molar-refractivity contribution >= 4 is 0 Å². The van der Waals surface area contributed by atoms with Crippen molar-refractivity contribution in [2.75, 3.05) is 19.6 Å². The van der Waals surface area contributed by atoms with Gasteiger partial charge < -0.3 is 14.7 Å². The van der Waals surface area contributed by atoms with Crippen LogP contribution in [0, 0.1) is 19.8 Å². The lowest BCUT2D eigenvalue weighted by Crippen LogP contribution is -2.44. The normalized spacial score (nSPS) is 16.5. The summed E-state index contributed by atoms with van der Waals surface area (Å²) in [5.74, 6) is 1.16. The summed E-state index contributed by atoms with van der Waals surface area (Å²) >= 11 is 0. The SMILES string of the molecule is Cc1cc(C)cc(OC(C)CCN2CCC(C(O)(c3ccccc3)c3ccccc3)CC2)c1. The van der Waals surface area contributed by atoms with Crippen molar-refractivity contribution in [1.82, 2.24) is 4.90 Å². The Balaban J connectivity index is 1.36. The number of likely N-dealkylation sites (tertiary alicyclic amines) is 1. The van der Waals surface area contributed by atoms with Crippen molar-refractivity contribution in [3.63, 3.8) is 0 Å². The number of aliphatic hydroxyl groups is 1. The summed E-state index contributed by atoms with van der Waals surface area (Å²) in [6, 6.07) is 26.8. The summed E-state index contributed by atoms with van der Waals surface area (Å²) in [5.41, 5.74) is 3.51. The average Bonchev–Trinajstić information content (AvgIpc) is 2.83. The molecule has 0 aliphatic carbocycles. The van der Waals surface area contributed by atoms with Crippen molar-refractivity contribution in [1.29, 1.82) is 0 Å². The fourth-order valence-corrected chi connectivity index (χ4v) is 5.25. The van der Waals surface area contributed by atoms with Gasteiger partial charge in [0.05, 0.1) is 6.10 Å². The van der Waals surface area contributed by atoms with Gasteiger partial charge in [0, 0.05) is 6.54 Å². The van der Waals surface area contributed by atoms with Crippen LogP contribution < -0.4 is 4.74 Å². The largest absolute Gasteiger partial charge is 0.491 e. The standard InChI is InChI=1S/C30H37NO2/c1-23-20-24(2)22-29(21-23)33-25(3)14-17-31-18-15-28(16-19-31)30(32,26-10-6-4-7-11-26)27-12-8-5-9-13-27/h4-13,20-22,25,28,32H,14-19H2,1-3H3. The van der Waals surface area contributed by atoms with Crippen LogP contribution in [0.2, 0.25) is 0 Å². The highest BCUT2D eigenvalue weighted by Crippen LogP contribution is 2.41. The van der Waals surface area contributed by atoms with Crippen LogP contribution in [-0.4, -0.2) is 35.7 Å². The molecule has 1 fully saturated rings. The third-order valence-corrected chi connectivity index (χ3v) is 6.99. The van der Waals surface area contributed by atoms with Crippen LogP contribution in [0.15, 0.2) is 78.9 Å². The van der Waals surface area contributed by atoms with E-state index in [0.29, 0.717) is 0 Å². The first-order valence-corrected chi connectivity index (χ1v) is 12.3. The molecule has 1 atom stereocenters. The lowest BCUT2D eigenvalue weighted by atomic mass is 9.72. The summed E-state index contributed by atoms with van der Waals surface area (Å²) in [6.07, 6.45) is 3.13. The zero-order valence-corrected chi connectivity index (χ0v) is 20.2. The Kier molecular flexibility index (Phi) is 7.52. The number of ether oxygens (including phenoxy) is 1. The van der Waals surface area contributed by atoms with Crippen LogP contribution in [0.3, 0.4) is 0 Å². The second-order valence-corrected chi connectivity index (χ2v) is 9.65. The predicted molar refractivity (Wildman–Crippen MR) is 136 cm³/mol. The molecule has 1 N–H and O–H groups in total. The fourth-order valence-electron chi connectivity index (χ4n) is 5.25. The number of piperidine rings is 1. The van der Waals surface area contributed by atoms with Gasteiger partial charge in [0.2, 0.25) is 0 Å². The molecule has 3 heteroatoms. The monoisotopic (exact) mass is 443 g/mol. The van der Waals surface area contributed by atoms with Gasteiger partial charge in [-0.2, -0.15) is 0 Å². The van der Waals surface area contributed by atoms with Crippen molar-refractivity contribution in [2.24, 2.45) is 5.92 Å². The van der Waals surface area contributed by atoms with Crippen molar-refractivity contribution in [3.8, 4) is 5.75 Å². The van der Waals surface area contributed by atoms with E-state index in [1.54, 1.807) is 0 Å². The van der Waals surface area contributed by atoms with E-state index in [0.717, 1.165) is 55.8 Å². The van der Waals surface area contributed by atoms with Gasteiger partial charge in [-0.05, 0) is 93.4 Å². The number of hydrogen-bond acceptors (Lipinski definition) is 3. The Hall–Kier alpha value is -2.62. The van der Waals surface area contributed by atoms with Gasteiger partial charge >= 0.3 is 0 Å². The maximum atomic E-state index is 12.1. The Morgan fingerprint density at radius 2 is 1.39 bits per heavy atom. The molecule has 1 heterocycles. The van der Waals surface area contributed by atoms with E-state index in [9.17, 15) is 5.11 Å². The van der Waals surface area contributed by atoms with Crippen LogP contribution >= 0.6 is 0 Å². The number of aryl methyl sites for hydroxylation is 2. The zero-order chi connectivity index (χ0) is 23.3. The van der Waals surface area contributed by atoms with Crippen molar-refractivity contribution in [2.45, 2.75) is 51.7 Å². The molecule has 1 unspecified atom stereocenters. The summed E-state index contributed by atoms with van der Waals surface area (Å²) in [4.78, 5) is 2.52. The molecule has 4 rings (SSSR count). The smallest absolute Gasteiger partial charge is 0.120 e. The van der Waals surface area contributed by atoms with Crippen LogP contribution in [0.4, 0.5) is 0 Å². The minimum absolute atomic E-state index is 0.175. The minimum Gasteiger partial charge on any atom is -0.491 e. The van der Waals surface area contributed by atoms with Gasteiger partial charge in [0.25, 0.3) is 0 Å². The Bertz CT molecular complexity index is 950. The van der Waals surface area contributed by atoms with E-state index in [4.69, 9.17) is 4.74 Å². The topological polar surface area (TPSA) is 32.7 Å². The Labute approximate surface area is 199 Å². The maximum absolute atomic E-state index is 12.1. The van der Waals surface area contributed by atoms with Crippen molar-refractivity contribution in [3.05, 3.63) is 101 Å². The number of hydrogen-bond donors (Lipinski definition) is 1. The van der Waals surface area contributed by atoms with Crippen LogP contribution in [0.1, 0.15) is 48.4 Å². The zero-order valence-electron chi connectivity index (χ0n) is 20.2. The first-order valence-electron chi connectivity index (χ1n) is 12.3. The molecule has 3 aromatic carbocycles. The third-order valence-electron chi connectivity index (χ3n) is 6.99. The van der Waals surface area contributed by atoms with Gasteiger partial charge in [0.15, 0.2) is 0 Å². The van der Waals surface area contributed by atoms with Crippen LogP contribution in [0.25, 0.3) is 0 Å². The minimum atomic E-state index is -0.950. The van der Waals surface area contributed by atoms with E-state index in [1.807, 2.05) is 36.4 Å². The Morgan fingerprint density at radius 3 is 1.91 bits per heavy atom. The predicted octanol–water partition coefficient (Wildman–Crippen LogP) is 6.11. The molecule has 1 saturated heterocycles. The molecule has 0 aromatic heterocycles. The summed E-state index contributed by atoms with van der Waals surface area (Å²) in [7, 11) is 0. The van der Waals surface area contributed by atoms with E-state index < -0.39 is 5.60 Å². The summed E-state index contributed by atoms with van der Waals surface area (Å²) in [6.45, 7) is 9.41. The molecule has 0 amide bonds. The molecule has 3 nitrogen and oxygen atoms in total. The maximum Gasteiger partial charge on any atom is 0.120 e. The Morgan fingerprint density at radius 1 is 0.879 bits per heavy atom. The van der Waals surface area contributed by atoms with E-state index in [2.05, 4.69) is 68.1 Å². The van der Waals surface area contributed by atoms with Gasteiger partial charge in [0.1, 0.15) is 11.4 Å². The fraction of sp³-hybridized carbons (Fsp3) is 0.400. The van der Waals surface area contributed by atoms with Gasteiger partial charge in [-0.25, -0.2) is 0 Å². The third kappa shape index (κ3) is 5.66. The molecule has 0 bridgehead atoms. The second kappa shape index (κ2) is 10.5. The lowest BCUT2D eigenvalue weighted by molar-refractivity contribution is -0.0152. The van der Waals surface area contributed by atoms with Gasteiger partial charge in [-0.15, -0.1) is 0 Å². The molecule has 33 heavy (non-hydrogen) atoms. The highest BCUT2D eigenvalue weighted by Gasteiger charge is 2.41. The van der Waals surface area contributed by atoms with E-state index in [-0.39, 0.29) is 12.0 Å². The van der Waals surface area contributed by atoms with Crippen LogP contribution in [0.5, 0.6) is 5.75 Å². The van der Waals surface area contributed by atoms with Gasteiger partial charge in [-0.1, -0.05) is 66.7 Å². The summed E-state index contributed by atoms with van der Waals surface area (Å²) < 4.78 is 6.19. The van der Waals surface area contributed by atoms with Crippen LogP contribution in [-0.2, 0) is 5.60 Å². The molecule has 174 valence electrons. The molecule has 3 aromatic rings. The highest BCUT2D eigenvalue weighted by atomic mass is 16.5. The highest BCUT2D eigenvalue weighted by molar-refractivity contribution is 5.37. The van der Waals surface area contributed by atoms with E-state index in [1.165, 1.54) is 11.1 Å². The lowest BCUT2D eigenvalue weighted by Gasteiger charge is -2.42. The first kappa shape index (κ1) is 23.5. The van der Waals surface area contributed by atoms with Gasteiger partial charge in [-0.3, -0.25) is 0 Å². The number of benzene rings is 3.